The average Bonchev–Trinajstić information content (AvgIpc) is 2.28. The molecule has 1 aromatic carbocycles. The van der Waals surface area contributed by atoms with E-state index in [0.717, 1.165) is 16.7 Å². The fourth-order valence-corrected chi connectivity index (χ4v) is 2.12. The second-order valence-electron chi connectivity index (χ2n) is 4.54. The fraction of sp³-hybridized carbons (Fsp3) is 0.250. The Kier molecular flexibility index (Phi) is 3.93. The van der Waals surface area contributed by atoms with E-state index in [1.165, 1.54) is 6.08 Å². The second kappa shape index (κ2) is 5.47. The van der Waals surface area contributed by atoms with E-state index in [1.54, 1.807) is 12.2 Å². The summed E-state index contributed by atoms with van der Waals surface area (Å²) >= 11 is 0. The lowest BCUT2D eigenvalue weighted by molar-refractivity contribution is -0.0931. The predicted octanol–water partition coefficient (Wildman–Crippen LogP) is 5.22. The van der Waals surface area contributed by atoms with Gasteiger partial charge in [0.1, 0.15) is 0 Å². The van der Waals surface area contributed by atoms with Gasteiger partial charge in [-0.05, 0) is 36.5 Å². The minimum Gasteiger partial charge on any atom is -0.166 e. The normalized spacial score (nSPS) is 20.8. The maximum atomic E-state index is 12.6. The van der Waals surface area contributed by atoms with Crippen molar-refractivity contribution in [1.82, 2.24) is 0 Å². The minimum absolute atomic E-state index is 0.0628. The first-order valence-corrected chi connectivity index (χ1v) is 6.17. The first-order chi connectivity index (χ1) is 8.98. The van der Waals surface area contributed by atoms with E-state index in [2.05, 4.69) is 0 Å². The summed E-state index contributed by atoms with van der Waals surface area (Å²) in [6.45, 7) is 2.00. The molecule has 1 aromatic rings. The molecular weight excluding hydrogens is 249 g/mol. The third-order valence-corrected chi connectivity index (χ3v) is 3.16. The number of alkyl halides is 3. The standard InChI is InChI=1S/C16H15F3/c1-12-6-2-3-11-15(12)13-7-4-9-14(10-5-8-13)16(17,18)19/h2-4,6-8,10-11H,5,9H2,1H3/b7-4-,13-8?,14-10+. The molecule has 0 amide bonds. The first kappa shape index (κ1) is 13.7. The van der Waals surface area contributed by atoms with E-state index in [1.807, 2.05) is 37.3 Å². The third kappa shape index (κ3) is 3.37. The highest BCUT2D eigenvalue weighted by atomic mass is 19.4. The monoisotopic (exact) mass is 264 g/mol. The van der Waals surface area contributed by atoms with Crippen LogP contribution >= 0.6 is 0 Å². The molecule has 0 unspecified atom stereocenters. The lowest BCUT2D eigenvalue weighted by Gasteiger charge is -2.12. The summed E-state index contributed by atoms with van der Waals surface area (Å²) in [5, 5.41) is 0. The molecule has 0 heterocycles. The van der Waals surface area contributed by atoms with Gasteiger partial charge < -0.3 is 0 Å². The Labute approximate surface area is 111 Å². The van der Waals surface area contributed by atoms with Gasteiger partial charge in [0, 0.05) is 5.57 Å². The van der Waals surface area contributed by atoms with E-state index in [-0.39, 0.29) is 6.42 Å². The molecule has 100 valence electrons. The Morgan fingerprint density at radius 1 is 1.05 bits per heavy atom. The van der Waals surface area contributed by atoms with Gasteiger partial charge in [-0.2, -0.15) is 13.2 Å². The van der Waals surface area contributed by atoms with Gasteiger partial charge in [-0.15, -0.1) is 0 Å². The zero-order chi connectivity index (χ0) is 13.9. The van der Waals surface area contributed by atoms with Gasteiger partial charge in [0.25, 0.3) is 0 Å². The number of aryl methyl sites for hydroxylation is 1. The summed E-state index contributed by atoms with van der Waals surface area (Å²) in [7, 11) is 0. The van der Waals surface area contributed by atoms with Crippen LogP contribution in [0.2, 0.25) is 0 Å². The predicted molar refractivity (Wildman–Crippen MR) is 71.7 cm³/mol. The average molecular weight is 264 g/mol. The van der Waals surface area contributed by atoms with Crippen molar-refractivity contribution < 1.29 is 13.2 Å². The van der Waals surface area contributed by atoms with Crippen LogP contribution in [0.1, 0.15) is 24.0 Å². The third-order valence-electron chi connectivity index (χ3n) is 3.16. The molecule has 1 aliphatic carbocycles. The molecule has 0 spiro atoms. The van der Waals surface area contributed by atoms with Crippen LogP contribution < -0.4 is 0 Å². The zero-order valence-electron chi connectivity index (χ0n) is 10.7. The van der Waals surface area contributed by atoms with Gasteiger partial charge >= 0.3 is 6.18 Å². The van der Waals surface area contributed by atoms with Gasteiger partial charge in [0.05, 0.1) is 0 Å². The molecule has 0 bridgehead atoms. The van der Waals surface area contributed by atoms with Gasteiger partial charge in [0.2, 0.25) is 0 Å². The summed E-state index contributed by atoms with van der Waals surface area (Å²) in [6.07, 6.45) is 2.48. The molecule has 0 N–H and O–H groups in total. The number of benzene rings is 1. The molecule has 0 saturated heterocycles. The number of hydrogen-bond acceptors (Lipinski definition) is 0. The van der Waals surface area contributed by atoms with Crippen LogP contribution in [0.5, 0.6) is 0 Å². The number of hydrogen-bond donors (Lipinski definition) is 0. The van der Waals surface area contributed by atoms with Crippen LogP contribution in [-0.4, -0.2) is 6.18 Å². The Morgan fingerprint density at radius 3 is 2.47 bits per heavy atom. The van der Waals surface area contributed by atoms with Crippen LogP contribution in [0, 0.1) is 6.92 Å². The highest BCUT2D eigenvalue weighted by Crippen LogP contribution is 2.31. The van der Waals surface area contributed by atoms with Crippen molar-refractivity contribution in [3.8, 4) is 0 Å². The Hall–Kier alpha value is -1.77. The molecule has 0 fully saturated rings. The first-order valence-electron chi connectivity index (χ1n) is 6.17. The van der Waals surface area contributed by atoms with Crippen molar-refractivity contribution in [3.63, 3.8) is 0 Å². The molecule has 1 aliphatic rings. The Bertz CT molecular complexity index is 545. The van der Waals surface area contributed by atoms with Crippen LogP contribution in [-0.2, 0) is 0 Å². The maximum Gasteiger partial charge on any atom is 0.412 e. The topological polar surface area (TPSA) is 0 Å². The van der Waals surface area contributed by atoms with Crippen molar-refractivity contribution in [2.75, 3.05) is 0 Å². The van der Waals surface area contributed by atoms with Gasteiger partial charge in [-0.3, -0.25) is 0 Å². The summed E-state index contributed by atoms with van der Waals surface area (Å²) in [6, 6.07) is 7.88. The van der Waals surface area contributed by atoms with Crippen molar-refractivity contribution in [2.24, 2.45) is 0 Å². The van der Waals surface area contributed by atoms with Crippen molar-refractivity contribution in [2.45, 2.75) is 25.9 Å². The molecule has 2 rings (SSSR count). The lowest BCUT2D eigenvalue weighted by atomic mass is 9.96. The van der Waals surface area contributed by atoms with Crippen LogP contribution in [0.25, 0.3) is 5.57 Å². The molecule has 0 aliphatic heterocycles. The Morgan fingerprint density at radius 2 is 1.79 bits per heavy atom. The minimum atomic E-state index is -4.22. The molecule has 0 atom stereocenters. The molecule has 0 aromatic heterocycles. The van der Waals surface area contributed by atoms with E-state index in [4.69, 9.17) is 0 Å². The van der Waals surface area contributed by atoms with Crippen molar-refractivity contribution >= 4 is 5.57 Å². The highest BCUT2D eigenvalue weighted by Gasteiger charge is 2.32. The van der Waals surface area contributed by atoms with Crippen LogP contribution in [0.3, 0.4) is 0 Å². The quantitative estimate of drug-likeness (QED) is 0.610. The summed E-state index contributed by atoms with van der Waals surface area (Å²) in [5.74, 6) is 0. The largest absolute Gasteiger partial charge is 0.412 e. The molecule has 0 nitrogen and oxygen atoms in total. The molecule has 0 radical (unpaired) electrons. The molecule has 0 saturated carbocycles. The smallest absolute Gasteiger partial charge is 0.166 e. The van der Waals surface area contributed by atoms with Crippen LogP contribution in [0.4, 0.5) is 13.2 Å². The van der Waals surface area contributed by atoms with Crippen molar-refractivity contribution in [3.05, 3.63) is 65.3 Å². The van der Waals surface area contributed by atoms with E-state index >= 15 is 0 Å². The number of rotatable bonds is 1. The van der Waals surface area contributed by atoms with Gasteiger partial charge in [-0.1, -0.05) is 48.6 Å². The van der Waals surface area contributed by atoms with Crippen LogP contribution in [0.15, 0.2) is 54.1 Å². The lowest BCUT2D eigenvalue weighted by Crippen LogP contribution is -2.11. The zero-order valence-corrected chi connectivity index (χ0v) is 10.7. The van der Waals surface area contributed by atoms with Gasteiger partial charge in [-0.25, -0.2) is 0 Å². The number of allylic oxidation sites excluding steroid dienone is 6. The van der Waals surface area contributed by atoms with E-state index in [0.29, 0.717) is 6.42 Å². The number of halogens is 3. The van der Waals surface area contributed by atoms with E-state index < -0.39 is 11.7 Å². The van der Waals surface area contributed by atoms with Gasteiger partial charge in [0.15, 0.2) is 0 Å². The van der Waals surface area contributed by atoms with E-state index in [9.17, 15) is 13.2 Å². The molecule has 19 heavy (non-hydrogen) atoms. The SMILES string of the molecule is Cc1ccccc1C1=CC/C=C(/C(F)(F)F)C/C=C\1. The van der Waals surface area contributed by atoms with Crippen molar-refractivity contribution in [1.29, 1.82) is 0 Å². The summed E-state index contributed by atoms with van der Waals surface area (Å²) < 4.78 is 37.8. The molecular formula is C16H15F3. The Balaban J connectivity index is 2.29. The maximum absolute atomic E-state index is 12.6. The fourth-order valence-electron chi connectivity index (χ4n) is 2.12. The highest BCUT2D eigenvalue weighted by molar-refractivity contribution is 5.76. The summed E-state index contributed by atoms with van der Waals surface area (Å²) in [5.41, 5.74) is 2.71. The summed E-state index contributed by atoms with van der Waals surface area (Å²) in [4.78, 5) is 0. The second-order valence-corrected chi connectivity index (χ2v) is 4.54. The molecule has 3 heteroatoms.